The minimum atomic E-state index is -0.0252. The summed E-state index contributed by atoms with van der Waals surface area (Å²) in [7, 11) is 0. The average Bonchev–Trinajstić information content (AvgIpc) is 3.31. The monoisotopic (exact) mass is 388 g/mol. The van der Waals surface area contributed by atoms with Gasteiger partial charge < -0.3 is 20.0 Å². The van der Waals surface area contributed by atoms with E-state index in [0.29, 0.717) is 24.6 Å². The topological polar surface area (TPSA) is 107 Å². The lowest BCUT2D eigenvalue weighted by Crippen LogP contribution is -2.31. The van der Waals surface area contributed by atoms with Crippen LogP contribution in [0.5, 0.6) is 0 Å². The zero-order chi connectivity index (χ0) is 17.9. The van der Waals surface area contributed by atoms with E-state index in [2.05, 4.69) is 15.5 Å². The van der Waals surface area contributed by atoms with Crippen LogP contribution in [-0.4, -0.2) is 16.0 Å². The summed E-state index contributed by atoms with van der Waals surface area (Å²) < 4.78 is 10.2. The number of halogens is 1. The van der Waals surface area contributed by atoms with Crippen LogP contribution in [0.3, 0.4) is 0 Å². The lowest BCUT2D eigenvalue weighted by Gasteiger charge is -2.26. The van der Waals surface area contributed by atoms with Crippen LogP contribution in [0, 0.1) is 0 Å². The van der Waals surface area contributed by atoms with E-state index in [-0.39, 0.29) is 24.4 Å². The molecule has 1 aliphatic carbocycles. The molecule has 0 radical (unpaired) electrons. The number of amides is 1. The first-order valence-corrected chi connectivity index (χ1v) is 8.72. The molecule has 1 unspecified atom stereocenters. The molecule has 0 saturated heterocycles. The number of carbonyl (C=O) groups is 1. The second-order valence-electron chi connectivity index (χ2n) is 6.49. The molecule has 8 heteroatoms. The van der Waals surface area contributed by atoms with Gasteiger partial charge in [0.05, 0.1) is 17.9 Å². The van der Waals surface area contributed by atoms with E-state index in [0.717, 1.165) is 30.5 Å². The van der Waals surface area contributed by atoms with E-state index in [9.17, 15) is 4.79 Å². The highest BCUT2D eigenvalue weighted by Crippen LogP contribution is 2.31. The van der Waals surface area contributed by atoms with Crippen molar-refractivity contribution in [2.75, 3.05) is 5.73 Å². The van der Waals surface area contributed by atoms with Gasteiger partial charge in [-0.15, -0.1) is 12.4 Å². The summed E-state index contributed by atoms with van der Waals surface area (Å²) in [6.45, 7) is 0. The van der Waals surface area contributed by atoms with Gasteiger partial charge in [0.25, 0.3) is 0 Å². The molecular weight excluding hydrogens is 368 g/mol. The van der Waals surface area contributed by atoms with E-state index in [1.165, 1.54) is 11.1 Å². The minimum absolute atomic E-state index is 0. The summed E-state index contributed by atoms with van der Waals surface area (Å²) in [5, 5.41) is 7.02. The van der Waals surface area contributed by atoms with Crippen molar-refractivity contribution in [1.82, 2.24) is 15.5 Å². The molecule has 1 aliphatic rings. The summed E-state index contributed by atoms with van der Waals surface area (Å²) in [6, 6.07) is 7.71. The zero-order valence-electron chi connectivity index (χ0n) is 14.7. The van der Waals surface area contributed by atoms with Gasteiger partial charge >= 0.3 is 0 Å². The number of aromatic nitrogens is 2. The van der Waals surface area contributed by atoms with E-state index in [4.69, 9.17) is 14.7 Å². The number of rotatable bonds is 5. The Hall–Kier alpha value is -2.80. The average molecular weight is 389 g/mol. The van der Waals surface area contributed by atoms with E-state index >= 15 is 0 Å². The third-order valence-electron chi connectivity index (χ3n) is 4.63. The number of nitrogens with one attached hydrogen (secondary N) is 1. The van der Waals surface area contributed by atoms with Crippen molar-refractivity contribution in [2.45, 2.75) is 38.1 Å². The fraction of sp³-hybridized carbons (Fsp3) is 0.316. The molecule has 142 valence electrons. The summed E-state index contributed by atoms with van der Waals surface area (Å²) in [5.74, 6) is 0.879. The molecule has 0 spiro atoms. The molecule has 3 aromatic rings. The van der Waals surface area contributed by atoms with Crippen LogP contribution in [-0.2, 0) is 17.6 Å². The van der Waals surface area contributed by atoms with Crippen molar-refractivity contribution in [1.29, 1.82) is 0 Å². The number of hydrogen-bond acceptors (Lipinski definition) is 6. The first-order valence-electron chi connectivity index (χ1n) is 8.72. The molecular formula is C19H21ClN4O3. The molecule has 0 bridgehead atoms. The SMILES string of the molecule is Cl.Nc1ccc2c(c1)CCCC2NC(=O)CCc1nc(-c2ccoc2)no1. The third-order valence-corrected chi connectivity index (χ3v) is 4.63. The number of anilines is 1. The molecule has 0 aliphatic heterocycles. The van der Waals surface area contributed by atoms with Crippen LogP contribution in [0.25, 0.3) is 11.4 Å². The predicted octanol–water partition coefficient (Wildman–Crippen LogP) is 3.46. The number of benzene rings is 1. The van der Waals surface area contributed by atoms with Crippen LogP contribution in [0.1, 0.15) is 42.3 Å². The normalized spacial score (nSPS) is 15.6. The minimum Gasteiger partial charge on any atom is -0.472 e. The summed E-state index contributed by atoms with van der Waals surface area (Å²) in [5.41, 5.74) is 9.77. The second-order valence-corrected chi connectivity index (χ2v) is 6.49. The highest BCUT2D eigenvalue weighted by atomic mass is 35.5. The fourth-order valence-corrected chi connectivity index (χ4v) is 3.34. The highest BCUT2D eigenvalue weighted by Gasteiger charge is 2.22. The molecule has 2 aromatic heterocycles. The van der Waals surface area contributed by atoms with Gasteiger partial charge in [-0.25, -0.2) is 0 Å². The Morgan fingerprint density at radius 2 is 2.22 bits per heavy atom. The standard InChI is InChI=1S/C19H20N4O3.ClH/c20-14-4-5-15-12(10-14)2-1-3-16(15)21-17(24)6-7-18-22-19(23-26-18)13-8-9-25-11-13;/h4-5,8-11,16H,1-3,6-7,20H2,(H,21,24);1H. The number of furan rings is 1. The Morgan fingerprint density at radius 3 is 3.04 bits per heavy atom. The van der Waals surface area contributed by atoms with Crippen molar-refractivity contribution in [3.8, 4) is 11.4 Å². The molecule has 1 amide bonds. The Labute approximate surface area is 162 Å². The lowest BCUT2D eigenvalue weighted by atomic mass is 9.87. The quantitative estimate of drug-likeness (QED) is 0.648. The smallest absolute Gasteiger partial charge is 0.227 e. The van der Waals surface area contributed by atoms with Crippen molar-refractivity contribution >= 4 is 24.0 Å². The molecule has 3 N–H and O–H groups in total. The highest BCUT2D eigenvalue weighted by molar-refractivity contribution is 5.85. The number of hydrogen-bond donors (Lipinski definition) is 2. The Kier molecular flexibility index (Phi) is 5.81. The first-order chi connectivity index (χ1) is 12.7. The zero-order valence-corrected chi connectivity index (χ0v) is 15.5. The van der Waals surface area contributed by atoms with Gasteiger partial charge in [-0.2, -0.15) is 4.98 Å². The van der Waals surface area contributed by atoms with Gasteiger partial charge in [-0.3, -0.25) is 4.79 Å². The summed E-state index contributed by atoms with van der Waals surface area (Å²) in [4.78, 5) is 16.6. The van der Waals surface area contributed by atoms with E-state index in [1.807, 2.05) is 18.2 Å². The summed E-state index contributed by atoms with van der Waals surface area (Å²) >= 11 is 0. The number of carbonyl (C=O) groups excluding carboxylic acids is 1. The van der Waals surface area contributed by atoms with Gasteiger partial charge in [-0.05, 0) is 48.6 Å². The van der Waals surface area contributed by atoms with Gasteiger partial charge in [0.15, 0.2) is 0 Å². The molecule has 27 heavy (non-hydrogen) atoms. The molecule has 4 rings (SSSR count). The Morgan fingerprint density at radius 1 is 1.33 bits per heavy atom. The van der Waals surface area contributed by atoms with Crippen molar-refractivity contribution < 1.29 is 13.7 Å². The maximum Gasteiger partial charge on any atom is 0.227 e. The van der Waals surface area contributed by atoms with Crippen LogP contribution in [0.15, 0.2) is 45.7 Å². The molecule has 0 saturated carbocycles. The largest absolute Gasteiger partial charge is 0.472 e. The van der Waals surface area contributed by atoms with Crippen molar-refractivity contribution in [3.63, 3.8) is 0 Å². The van der Waals surface area contributed by atoms with Crippen molar-refractivity contribution in [2.24, 2.45) is 0 Å². The van der Waals surface area contributed by atoms with Crippen LogP contribution >= 0.6 is 12.4 Å². The molecule has 1 atom stereocenters. The first kappa shape index (κ1) is 19.0. The van der Waals surface area contributed by atoms with E-state index < -0.39 is 0 Å². The summed E-state index contributed by atoms with van der Waals surface area (Å²) in [6.07, 6.45) is 6.79. The Bertz CT molecular complexity index is 908. The van der Waals surface area contributed by atoms with Crippen LogP contribution < -0.4 is 11.1 Å². The van der Waals surface area contributed by atoms with Crippen LogP contribution in [0.4, 0.5) is 5.69 Å². The number of nitrogens with two attached hydrogens (primary N) is 1. The molecule has 0 fully saturated rings. The number of fused-ring (bicyclic) bond motifs is 1. The molecule has 7 nitrogen and oxygen atoms in total. The van der Waals surface area contributed by atoms with Gasteiger partial charge in [0.1, 0.15) is 6.26 Å². The van der Waals surface area contributed by atoms with E-state index in [1.54, 1.807) is 18.6 Å². The molecule has 1 aromatic carbocycles. The van der Waals surface area contributed by atoms with Crippen molar-refractivity contribution in [3.05, 3.63) is 53.8 Å². The molecule has 2 heterocycles. The second kappa shape index (κ2) is 8.26. The van der Waals surface area contributed by atoms with Gasteiger partial charge in [0, 0.05) is 18.5 Å². The maximum atomic E-state index is 12.4. The number of aryl methyl sites for hydroxylation is 2. The fourth-order valence-electron chi connectivity index (χ4n) is 3.34. The lowest BCUT2D eigenvalue weighted by molar-refractivity contribution is -0.122. The number of nitrogen functional groups attached to an aromatic ring is 1. The third kappa shape index (κ3) is 4.31. The van der Waals surface area contributed by atoms with Gasteiger partial charge in [0.2, 0.25) is 17.6 Å². The van der Waals surface area contributed by atoms with Crippen LogP contribution in [0.2, 0.25) is 0 Å². The maximum absolute atomic E-state index is 12.4. The predicted molar refractivity (Wildman–Crippen MR) is 102 cm³/mol. The number of nitrogens with zero attached hydrogens (tertiary/aromatic N) is 2. The van der Waals surface area contributed by atoms with Gasteiger partial charge in [-0.1, -0.05) is 11.2 Å². The Balaban J connectivity index is 0.00000210.